The second-order valence-corrected chi connectivity index (χ2v) is 4.82. The molecular weight excluding hydrogens is 279 g/mol. The molecule has 2 aromatic carbocycles. The summed E-state index contributed by atoms with van der Waals surface area (Å²) in [6, 6.07) is 12.0. The van der Waals surface area contributed by atoms with Crippen molar-refractivity contribution in [2.45, 2.75) is 0 Å². The van der Waals surface area contributed by atoms with Crippen LogP contribution in [0.5, 0.6) is 0 Å². The van der Waals surface area contributed by atoms with Crippen LogP contribution in [0.3, 0.4) is 0 Å². The van der Waals surface area contributed by atoms with Gasteiger partial charge in [0.15, 0.2) is 0 Å². The number of primary amides is 1. The summed E-state index contributed by atoms with van der Waals surface area (Å²) < 4.78 is 13.5. The van der Waals surface area contributed by atoms with Gasteiger partial charge < -0.3 is 10.7 Å². The monoisotopic (exact) mass is 288 g/mol. The largest absolute Gasteiger partial charge is 0.364 e. The van der Waals surface area contributed by atoms with Crippen molar-refractivity contribution >= 4 is 28.4 Å². The molecule has 5 heteroatoms. The number of carbonyl (C=O) groups excluding carboxylic acids is 1. The molecule has 0 atom stereocenters. The first-order valence-corrected chi connectivity index (χ1v) is 6.31. The van der Waals surface area contributed by atoms with E-state index < -0.39 is 11.7 Å². The highest BCUT2D eigenvalue weighted by atomic mass is 35.5. The molecular formula is C15H10ClFN2O. The van der Waals surface area contributed by atoms with E-state index in [-0.39, 0.29) is 10.7 Å². The number of hydrogen-bond acceptors (Lipinski definition) is 1. The average Bonchev–Trinajstić information content (AvgIpc) is 2.79. The van der Waals surface area contributed by atoms with E-state index >= 15 is 0 Å². The van der Waals surface area contributed by atoms with E-state index in [0.717, 1.165) is 5.56 Å². The fourth-order valence-electron chi connectivity index (χ4n) is 2.28. The van der Waals surface area contributed by atoms with Gasteiger partial charge in [-0.1, -0.05) is 41.9 Å². The van der Waals surface area contributed by atoms with E-state index in [1.165, 1.54) is 12.1 Å². The van der Waals surface area contributed by atoms with E-state index in [9.17, 15) is 9.18 Å². The number of fused-ring (bicyclic) bond motifs is 1. The number of carbonyl (C=O) groups is 1. The molecule has 0 fully saturated rings. The third kappa shape index (κ3) is 1.94. The number of nitrogens with one attached hydrogen (secondary N) is 1. The van der Waals surface area contributed by atoms with Crippen LogP contribution in [0.4, 0.5) is 4.39 Å². The second-order valence-electron chi connectivity index (χ2n) is 4.42. The van der Waals surface area contributed by atoms with Gasteiger partial charge in [0.1, 0.15) is 11.5 Å². The highest BCUT2D eigenvalue weighted by Gasteiger charge is 2.18. The number of benzene rings is 2. The van der Waals surface area contributed by atoms with E-state index in [2.05, 4.69) is 4.98 Å². The van der Waals surface area contributed by atoms with Crippen LogP contribution in [0.15, 0.2) is 42.5 Å². The molecule has 0 aliphatic heterocycles. The number of aromatic nitrogens is 1. The van der Waals surface area contributed by atoms with Gasteiger partial charge in [0.05, 0.1) is 5.02 Å². The van der Waals surface area contributed by atoms with Gasteiger partial charge in [-0.25, -0.2) is 4.39 Å². The van der Waals surface area contributed by atoms with Crippen LogP contribution in [-0.4, -0.2) is 10.9 Å². The predicted molar refractivity (Wildman–Crippen MR) is 77.2 cm³/mol. The van der Waals surface area contributed by atoms with Gasteiger partial charge in [-0.05, 0) is 17.7 Å². The quantitative estimate of drug-likeness (QED) is 0.742. The average molecular weight is 289 g/mol. The van der Waals surface area contributed by atoms with Gasteiger partial charge >= 0.3 is 0 Å². The number of halogens is 2. The van der Waals surface area contributed by atoms with Crippen molar-refractivity contribution in [3.63, 3.8) is 0 Å². The molecule has 0 saturated carbocycles. The number of H-pyrrole nitrogens is 1. The van der Waals surface area contributed by atoms with Crippen molar-refractivity contribution in [2.24, 2.45) is 5.73 Å². The molecule has 3 rings (SSSR count). The lowest BCUT2D eigenvalue weighted by molar-refractivity contribution is 0.0997. The Morgan fingerprint density at radius 1 is 1.20 bits per heavy atom. The number of hydrogen-bond donors (Lipinski definition) is 2. The highest BCUT2D eigenvalue weighted by molar-refractivity contribution is 6.31. The summed E-state index contributed by atoms with van der Waals surface area (Å²) in [6.45, 7) is 0. The summed E-state index contributed by atoms with van der Waals surface area (Å²) in [4.78, 5) is 14.5. The molecule has 0 aliphatic carbocycles. The van der Waals surface area contributed by atoms with Crippen LogP contribution < -0.4 is 5.73 Å². The van der Waals surface area contributed by atoms with Crippen LogP contribution >= 0.6 is 11.6 Å². The second kappa shape index (κ2) is 4.65. The van der Waals surface area contributed by atoms with E-state index in [0.29, 0.717) is 16.5 Å². The molecule has 1 amide bonds. The van der Waals surface area contributed by atoms with Crippen molar-refractivity contribution in [3.05, 3.63) is 59.0 Å². The zero-order chi connectivity index (χ0) is 14.3. The molecule has 20 heavy (non-hydrogen) atoms. The number of amides is 1. The summed E-state index contributed by atoms with van der Waals surface area (Å²) in [7, 11) is 0. The topological polar surface area (TPSA) is 58.9 Å². The lowest BCUT2D eigenvalue weighted by Crippen LogP contribution is -2.12. The zero-order valence-corrected chi connectivity index (χ0v) is 11.0. The SMILES string of the molecule is NC(=O)c1[nH]c2cc(F)c(Cl)cc2c1-c1ccccc1. The fraction of sp³-hybridized carbons (Fsp3) is 0. The fourth-order valence-corrected chi connectivity index (χ4v) is 2.44. The molecule has 3 nitrogen and oxygen atoms in total. The smallest absolute Gasteiger partial charge is 0.265 e. The molecule has 0 spiro atoms. The molecule has 0 unspecified atom stereocenters. The van der Waals surface area contributed by atoms with E-state index in [4.69, 9.17) is 17.3 Å². The first-order valence-electron chi connectivity index (χ1n) is 5.94. The number of aromatic amines is 1. The highest BCUT2D eigenvalue weighted by Crippen LogP contribution is 2.34. The molecule has 0 bridgehead atoms. The molecule has 3 aromatic rings. The Bertz CT molecular complexity index is 812. The molecule has 100 valence electrons. The lowest BCUT2D eigenvalue weighted by atomic mass is 10.0. The van der Waals surface area contributed by atoms with Gasteiger partial charge in [-0.3, -0.25) is 4.79 Å². The van der Waals surface area contributed by atoms with Crippen molar-refractivity contribution in [1.29, 1.82) is 0 Å². The van der Waals surface area contributed by atoms with Gasteiger partial charge in [0.25, 0.3) is 5.91 Å². The lowest BCUT2D eigenvalue weighted by Gasteiger charge is -2.02. The molecule has 0 aliphatic rings. The minimum Gasteiger partial charge on any atom is -0.364 e. The minimum absolute atomic E-state index is 0.00435. The van der Waals surface area contributed by atoms with Gasteiger partial charge in [-0.15, -0.1) is 0 Å². The Balaban J connectivity index is 2.41. The molecule has 1 aromatic heterocycles. The van der Waals surface area contributed by atoms with Crippen molar-refractivity contribution in [3.8, 4) is 11.1 Å². The first-order chi connectivity index (χ1) is 9.58. The van der Waals surface area contributed by atoms with Crippen molar-refractivity contribution in [1.82, 2.24) is 4.98 Å². The Kier molecular flexibility index (Phi) is 2.95. The molecule has 0 radical (unpaired) electrons. The van der Waals surface area contributed by atoms with Crippen LogP contribution in [0.2, 0.25) is 5.02 Å². The molecule has 0 saturated heterocycles. The zero-order valence-electron chi connectivity index (χ0n) is 10.3. The maximum atomic E-state index is 13.5. The minimum atomic E-state index is -0.600. The van der Waals surface area contributed by atoms with E-state index in [1.54, 1.807) is 0 Å². The maximum Gasteiger partial charge on any atom is 0.265 e. The normalized spacial score (nSPS) is 10.9. The van der Waals surface area contributed by atoms with Gasteiger partial charge in [0.2, 0.25) is 0 Å². The summed E-state index contributed by atoms with van der Waals surface area (Å²) in [6.07, 6.45) is 0. The van der Waals surface area contributed by atoms with Gasteiger partial charge in [-0.2, -0.15) is 0 Å². The van der Waals surface area contributed by atoms with Crippen LogP contribution in [0.25, 0.3) is 22.0 Å². The Labute approximate surface area is 119 Å². The van der Waals surface area contributed by atoms with E-state index in [1.807, 2.05) is 30.3 Å². The van der Waals surface area contributed by atoms with Crippen LogP contribution in [0.1, 0.15) is 10.5 Å². The Morgan fingerprint density at radius 3 is 2.55 bits per heavy atom. The third-order valence-corrected chi connectivity index (χ3v) is 3.44. The predicted octanol–water partition coefficient (Wildman–Crippen LogP) is 3.73. The van der Waals surface area contributed by atoms with Crippen molar-refractivity contribution in [2.75, 3.05) is 0 Å². The summed E-state index contributed by atoms with van der Waals surface area (Å²) in [5.74, 6) is -1.15. The molecule has 3 N–H and O–H groups in total. The Morgan fingerprint density at radius 2 is 1.90 bits per heavy atom. The van der Waals surface area contributed by atoms with Crippen molar-refractivity contribution < 1.29 is 9.18 Å². The third-order valence-electron chi connectivity index (χ3n) is 3.15. The van der Waals surface area contributed by atoms with Crippen LogP contribution in [0, 0.1) is 5.82 Å². The standard InChI is InChI=1S/C15H10ClFN2O/c16-10-6-9-12(7-11(10)17)19-14(15(18)20)13(9)8-4-2-1-3-5-8/h1-7,19H,(H2,18,20). The Hall–Kier alpha value is -2.33. The first kappa shape index (κ1) is 12.7. The summed E-state index contributed by atoms with van der Waals surface area (Å²) in [5.41, 5.74) is 7.57. The summed E-state index contributed by atoms with van der Waals surface area (Å²) in [5, 5.41) is 0.668. The number of nitrogens with two attached hydrogens (primary N) is 1. The van der Waals surface area contributed by atoms with Gasteiger partial charge in [0, 0.05) is 16.5 Å². The maximum absolute atomic E-state index is 13.5. The molecule has 1 heterocycles. The summed E-state index contributed by atoms with van der Waals surface area (Å²) >= 11 is 5.83. The van der Waals surface area contributed by atoms with Crippen LogP contribution in [-0.2, 0) is 0 Å². The number of rotatable bonds is 2.